The van der Waals surface area contributed by atoms with Gasteiger partial charge in [-0.1, -0.05) is 13.8 Å². The standard InChI is InChI=1S/C12H19BrN2OS/c1-4-16-12(9-14-10(13)17-15-9)7-5-11(2,3)6-8-12/h4-8H2,1-3H3. The summed E-state index contributed by atoms with van der Waals surface area (Å²) >= 11 is 4.78. The van der Waals surface area contributed by atoms with Crippen molar-refractivity contribution in [1.29, 1.82) is 0 Å². The molecule has 0 aromatic carbocycles. The number of hydrogen-bond donors (Lipinski definition) is 0. The molecule has 0 unspecified atom stereocenters. The molecule has 0 amide bonds. The van der Waals surface area contributed by atoms with Gasteiger partial charge in [-0.3, -0.25) is 0 Å². The summed E-state index contributed by atoms with van der Waals surface area (Å²) in [6, 6.07) is 0. The van der Waals surface area contributed by atoms with E-state index >= 15 is 0 Å². The topological polar surface area (TPSA) is 35.0 Å². The number of rotatable bonds is 3. The number of halogens is 1. The lowest BCUT2D eigenvalue weighted by Crippen LogP contribution is -2.38. The van der Waals surface area contributed by atoms with E-state index in [9.17, 15) is 0 Å². The molecule has 1 aromatic heterocycles. The van der Waals surface area contributed by atoms with Crippen molar-refractivity contribution in [3.05, 3.63) is 9.74 Å². The van der Waals surface area contributed by atoms with Crippen molar-refractivity contribution in [3.63, 3.8) is 0 Å². The third kappa shape index (κ3) is 2.88. The minimum atomic E-state index is -0.243. The highest BCUT2D eigenvalue weighted by Gasteiger charge is 2.43. The van der Waals surface area contributed by atoms with E-state index in [4.69, 9.17) is 4.74 Å². The Kier molecular flexibility index (Phi) is 3.90. The zero-order chi connectivity index (χ0) is 12.5. The largest absolute Gasteiger partial charge is 0.367 e. The Morgan fingerprint density at radius 2 is 1.94 bits per heavy atom. The first-order valence-corrected chi connectivity index (χ1v) is 7.68. The third-order valence-corrected chi connectivity index (χ3v) is 4.76. The summed E-state index contributed by atoms with van der Waals surface area (Å²) in [5.41, 5.74) is 0.181. The van der Waals surface area contributed by atoms with Crippen LogP contribution in [0.3, 0.4) is 0 Å². The Labute approximate surface area is 115 Å². The van der Waals surface area contributed by atoms with Crippen LogP contribution >= 0.6 is 27.5 Å². The summed E-state index contributed by atoms with van der Waals surface area (Å²) in [6.07, 6.45) is 4.39. The minimum Gasteiger partial charge on any atom is -0.367 e. The average Bonchev–Trinajstić information content (AvgIpc) is 2.69. The van der Waals surface area contributed by atoms with Gasteiger partial charge in [-0.25, -0.2) is 4.98 Å². The molecular weight excluding hydrogens is 300 g/mol. The first-order chi connectivity index (χ1) is 7.97. The normalized spacial score (nSPS) is 22.6. The molecule has 0 aliphatic heterocycles. The van der Waals surface area contributed by atoms with Crippen LogP contribution in [0.2, 0.25) is 0 Å². The maximum absolute atomic E-state index is 6.02. The minimum absolute atomic E-state index is 0.243. The molecule has 0 radical (unpaired) electrons. The van der Waals surface area contributed by atoms with Crippen molar-refractivity contribution in [2.45, 2.75) is 52.1 Å². The third-order valence-electron chi connectivity index (χ3n) is 3.64. The van der Waals surface area contributed by atoms with Gasteiger partial charge in [0.15, 0.2) is 9.74 Å². The van der Waals surface area contributed by atoms with Gasteiger partial charge in [-0.15, -0.1) is 0 Å². The van der Waals surface area contributed by atoms with Crippen LogP contribution in [0.25, 0.3) is 0 Å². The lowest BCUT2D eigenvalue weighted by molar-refractivity contribution is -0.0941. The van der Waals surface area contributed by atoms with Crippen molar-refractivity contribution in [1.82, 2.24) is 9.36 Å². The van der Waals surface area contributed by atoms with Gasteiger partial charge in [0.1, 0.15) is 5.60 Å². The monoisotopic (exact) mass is 318 g/mol. The average molecular weight is 319 g/mol. The molecule has 1 saturated carbocycles. The lowest BCUT2D eigenvalue weighted by Gasteiger charge is -2.41. The lowest BCUT2D eigenvalue weighted by atomic mass is 9.70. The maximum Gasteiger partial charge on any atom is 0.179 e. The predicted molar refractivity (Wildman–Crippen MR) is 73.2 cm³/mol. The molecule has 5 heteroatoms. The van der Waals surface area contributed by atoms with E-state index in [0.717, 1.165) is 29.2 Å². The Hall–Kier alpha value is -0.0000000000000000555. The quantitative estimate of drug-likeness (QED) is 0.840. The second kappa shape index (κ2) is 4.94. The highest BCUT2D eigenvalue weighted by Crippen LogP contribution is 2.46. The fraction of sp³-hybridized carbons (Fsp3) is 0.833. The molecule has 0 saturated heterocycles. The molecule has 1 aliphatic rings. The van der Waals surface area contributed by atoms with Crippen molar-refractivity contribution in [2.75, 3.05) is 6.61 Å². The molecule has 1 aromatic rings. The maximum atomic E-state index is 6.02. The molecule has 0 bridgehead atoms. The zero-order valence-electron chi connectivity index (χ0n) is 10.6. The summed E-state index contributed by atoms with van der Waals surface area (Å²) in [5.74, 6) is 0.867. The van der Waals surface area contributed by atoms with E-state index < -0.39 is 0 Å². The van der Waals surface area contributed by atoms with E-state index in [2.05, 4.69) is 39.1 Å². The van der Waals surface area contributed by atoms with Crippen molar-refractivity contribution < 1.29 is 4.74 Å². The Balaban J connectivity index is 2.22. The Bertz CT molecular complexity index is 382. The Morgan fingerprint density at radius 1 is 1.29 bits per heavy atom. The molecule has 96 valence electrons. The van der Waals surface area contributed by atoms with Gasteiger partial charge in [0.2, 0.25) is 0 Å². The molecule has 1 fully saturated rings. The summed E-state index contributed by atoms with van der Waals surface area (Å²) in [4.78, 5) is 4.47. The second-order valence-corrected chi connectivity index (χ2v) is 7.49. The molecule has 0 spiro atoms. The van der Waals surface area contributed by atoms with Crippen LogP contribution in [0.4, 0.5) is 0 Å². The SMILES string of the molecule is CCOC1(c2nsc(Br)n2)CCC(C)(C)CC1. The molecule has 3 nitrogen and oxygen atoms in total. The van der Waals surface area contributed by atoms with Gasteiger partial charge in [-0.05, 0) is 65.5 Å². The van der Waals surface area contributed by atoms with Gasteiger partial charge in [0, 0.05) is 6.61 Å². The van der Waals surface area contributed by atoms with Crippen LogP contribution in [0.1, 0.15) is 52.3 Å². The van der Waals surface area contributed by atoms with Gasteiger partial charge < -0.3 is 4.74 Å². The van der Waals surface area contributed by atoms with Crippen LogP contribution in [-0.2, 0) is 10.3 Å². The second-order valence-electron chi connectivity index (χ2n) is 5.46. The van der Waals surface area contributed by atoms with E-state index in [0.29, 0.717) is 5.41 Å². The van der Waals surface area contributed by atoms with Crippen LogP contribution < -0.4 is 0 Å². The summed E-state index contributed by atoms with van der Waals surface area (Å²) in [7, 11) is 0. The first kappa shape index (κ1) is 13.4. The fourth-order valence-corrected chi connectivity index (χ4v) is 3.31. The van der Waals surface area contributed by atoms with Crippen LogP contribution in [0, 0.1) is 5.41 Å². The van der Waals surface area contributed by atoms with Crippen LogP contribution in [0.5, 0.6) is 0 Å². The summed E-state index contributed by atoms with van der Waals surface area (Å²) in [6.45, 7) is 7.42. The van der Waals surface area contributed by atoms with Crippen molar-refractivity contribution in [2.24, 2.45) is 5.41 Å². The van der Waals surface area contributed by atoms with E-state index in [-0.39, 0.29) is 5.60 Å². The first-order valence-electron chi connectivity index (χ1n) is 6.11. The van der Waals surface area contributed by atoms with E-state index in [1.54, 1.807) is 0 Å². The van der Waals surface area contributed by atoms with E-state index in [1.807, 2.05) is 6.92 Å². The Morgan fingerprint density at radius 3 is 2.41 bits per heavy atom. The molecular formula is C12H19BrN2OS. The van der Waals surface area contributed by atoms with Crippen molar-refractivity contribution >= 4 is 27.5 Å². The zero-order valence-corrected chi connectivity index (χ0v) is 13.0. The summed E-state index contributed by atoms with van der Waals surface area (Å²) < 4.78 is 11.3. The molecule has 0 atom stereocenters. The van der Waals surface area contributed by atoms with Gasteiger partial charge in [0.25, 0.3) is 0 Å². The highest BCUT2D eigenvalue weighted by molar-refractivity contribution is 9.11. The molecule has 1 heterocycles. The van der Waals surface area contributed by atoms with Crippen LogP contribution in [0.15, 0.2) is 3.92 Å². The number of nitrogens with zero attached hydrogens (tertiary/aromatic N) is 2. The number of aromatic nitrogens is 2. The van der Waals surface area contributed by atoms with Crippen LogP contribution in [-0.4, -0.2) is 16.0 Å². The van der Waals surface area contributed by atoms with Gasteiger partial charge in [-0.2, -0.15) is 4.37 Å². The number of hydrogen-bond acceptors (Lipinski definition) is 4. The van der Waals surface area contributed by atoms with Gasteiger partial charge >= 0.3 is 0 Å². The fourth-order valence-electron chi connectivity index (χ4n) is 2.43. The van der Waals surface area contributed by atoms with Crippen molar-refractivity contribution in [3.8, 4) is 0 Å². The molecule has 1 aliphatic carbocycles. The smallest absolute Gasteiger partial charge is 0.179 e. The molecule has 2 rings (SSSR count). The highest BCUT2D eigenvalue weighted by atomic mass is 79.9. The van der Waals surface area contributed by atoms with E-state index in [1.165, 1.54) is 24.4 Å². The van der Waals surface area contributed by atoms with Gasteiger partial charge in [0.05, 0.1) is 0 Å². The summed E-state index contributed by atoms with van der Waals surface area (Å²) in [5, 5.41) is 0. The molecule has 17 heavy (non-hydrogen) atoms. The molecule has 0 N–H and O–H groups in total. The number of ether oxygens (including phenoxy) is 1. The predicted octanol–water partition coefficient (Wildman–Crippen LogP) is 4.13.